The number of hydrogen-bond donors (Lipinski definition) is 0. The van der Waals surface area contributed by atoms with Gasteiger partial charge >= 0.3 is 0 Å². The summed E-state index contributed by atoms with van der Waals surface area (Å²) < 4.78 is 11.0. The van der Waals surface area contributed by atoms with Gasteiger partial charge in [0.2, 0.25) is 0 Å². The molecule has 0 aliphatic rings. The average molecular weight is 273 g/mol. The number of rotatable bonds is 4. The van der Waals surface area contributed by atoms with E-state index in [0.29, 0.717) is 23.5 Å². The van der Waals surface area contributed by atoms with Gasteiger partial charge < -0.3 is 9.47 Å². The molecule has 0 saturated heterocycles. The smallest absolute Gasteiger partial charge is 0.166 e. The Kier molecular flexibility index (Phi) is 4.15. The number of methoxy groups -OCH3 is 2. The van der Waals surface area contributed by atoms with Crippen LogP contribution in [0.5, 0.6) is 11.5 Å². The van der Waals surface area contributed by atoms with Gasteiger partial charge in [-0.3, -0.25) is 4.79 Å². The van der Waals surface area contributed by atoms with Crippen LogP contribution >= 0.6 is 15.9 Å². The molecule has 0 heterocycles. The van der Waals surface area contributed by atoms with Gasteiger partial charge in [0.1, 0.15) is 11.5 Å². The van der Waals surface area contributed by atoms with Crippen molar-refractivity contribution in [1.82, 2.24) is 0 Å². The Balaban J connectivity index is 3.27. The quantitative estimate of drug-likeness (QED) is 0.791. The van der Waals surface area contributed by atoms with Gasteiger partial charge in [-0.25, -0.2) is 0 Å². The predicted molar refractivity (Wildman–Crippen MR) is 61.9 cm³/mol. The van der Waals surface area contributed by atoms with Crippen LogP contribution in [0.2, 0.25) is 0 Å². The topological polar surface area (TPSA) is 35.5 Å². The molecule has 0 saturated carbocycles. The Morgan fingerprint density at radius 3 is 2.33 bits per heavy atom. The maximum Gasteiger partial charge on any atom is 0.166 e. The molecule has 0 fully saturated rings. The molecule has 0 aliphatic carbocycles. The molecule has 0 atom stereocenters. The van der Waals surface area contributed by atoms with Crippen LogP contribution in [0.4, 0.5) is 0 Å². The Morgan fingerprint density at radius 1 is 1.27 bits per heavy atom. The van der Waals surface area contributed by atoms with Crippen LogP contribution in [0.15, 0.2) is 16.6 Å². The molecule has 0 unspecified atom stereocenters. The molecule has 1 aromatic rings. The van der Waals surface area contributed by atoms with Gasteiger partial charge in [-0.15, -0.1) is 0 Å². The summed E-state index contributed by atoms with van der Waals surface area (Å²) in [5, 5.41) is 0. The van der Waals surface area contributed by atoms with E-state index in [1.807, 2.05) is 6.92 Å². The lowest BCUT2D eigenvalue weighted by Crippen LogP contribution is -2.01. The summed E-state index contributed by atoms with van der Waals surface area (Å²) in [5.41, 5.74) is 0.577. The molecule has 1 rings (SSSR count). The first-order chi connectivity index (χ1) is 7.13. The fourth-order valence-electron chi connectivity index (χ4n) is 1.27. The highest BCUT2D eigenvalue weighted by Crippen LogP contribution is 2.33. The van der Waals surface area contributed by atoms with Gasteiger partial charge in [-0.1, -0.05) is 6.92 Å². The lowest BCUT2D eigenvalue weighted by atomic mass is 10.1. The summed E-state index contributed by atoms with van der Waals surface area (Å²) in [4.78, 5) is 11.6. The van der Waals surface area contributed by atoms with E-state index in [-0.39, 0.29) is 5.78 Å². The van der Waals surface area contributed by atoms with Crippen LogP contribution in [-0.4, -0.2) is 20.0 Å². The highest BCUT2D eigenvalue weighted by atomic mass is 79.9. The number of halogens is 1. The third kappa shape index (κ3) is 2.50. The first-order valence-electron chi connectivity index (χ1n) is 4.58. The minimum absolute atomic E-state index is 0.0511. The predicted octanol–water partition coefficient (Wildman–Crippen LogP) is 3.06. The van der Waals surface area contributed by atoms with Gasteiger partial charge in [0, 0.05) is 12.5 Å². The lowest BCUT2D eigenvalue weighted by molar-refractivity contribution is 0.0985. The average Bonchev–Trinajstić information content (AvgIpc) is 2.27. The van der Waals surface area contributed by atoms with Crippen LogP contribution in [-0.2, 0) is 0 Å². The minimum atomic E-state index is 0.0511. The molecule has 0 spiro atoms. The van der Waals surface area contributed by atoms with Crippen molar-refractivity contribution in [3.8, 4) is 11.5 Å². The second kappa shape index (κ2) is 5.16. The standard InChI is InChI=1S/C11H13BrO3/c1-4-9(13)7-5-8(12)11(15-3)6-10(7)14-2/h5-6H,4H2,1-3H3. The number of ketones is 1. The Morgan fingerprint density at radius 2 is 1.87 bits per heavy atom. The number of Topliss-reactive ketones (excluding diaryl/α,β-unsaturated/α-hetero) is 1. The highest BCUT2D eigenvalue weighted by molar-refractivity contribution is 9.10. The van der Waals surface area contributed by atoms with Crippen molar-refractivity contribution in [3.05, 3.63) is 22.2 Å². The number of ether oxygens (including phenoxy) is 2. The lowest BCUT2D eigenvalue weighted by Gasteiger charge is -2.10. The van der Waals surface area contributed by atoms with E-state index < -0.39 is 0 Å². The summed E-state index contributed by atoms with van der Waals surface area (Å²) in [6.45, 7) is 1.82. The van der Waals surface area contributed by atoms with Gasteiger partial charge in [0.25, 0.3) is 0 Å². The second-order valence-electron chi connectivity index (χ2n) is 2.96. The Bertz CT molecular complexity index is 374. The van der Waals surface area contributed by atoms with Crippen molar-refractivity contribution >= 4 is 21.7 Å². The van der Waals surface area contributed by atoms with Crippen LogP contribution in [0.1, 0.15) is 23.7 Å². The summed E-state index contributed by atoms with van der Waals surface area (Å²) in [6, 6.07) is 3.43. The number of carbonyl (C=O) groups is 1. The van der Waals surface area contributed by atoms with Gasteiger partial charge in [0.05, 0.1) is 24.3 Å². The maximum absolute atomic E-state index is 11.6. The highest BCUT2D eigenvalue weighted by Gasteiger charge is 2.14. The van der Waals surface area contributed by atoms with E-state index in [1.54, 1.807) is 19.2 Å². The van der Waals surface area contributed by atoms with Crippen molar-refractivity contribution in [2.24, 2.45) is 0 Å². The summed E-state index contributed by atoms with van der Waals surface area (Å²) in [7, 11) is 3.11. The molecule has 3 nitrogen and oxygen atoms in total. The number of benzene rings is 1. The number of carbonyl (C=O) groups excluding carboxylic acids is 1. The van der Waals surface area contributed by atoms with E-state index in [0.717, 1.165) is 4.47 Å². The second-order valence-corrected chi connectivity index (χ2v) is 3.82. The molecule has 0 N–H and O–H groups in total. The maximum atomic E-state index is 11.6. The molecule has 0 amide bonds. The van der Waals surface area contributed by atoms with Crippen molar-refractivity contribution in [2.75, 3.05) is 14.2 Å². The monoisotopic (exact) mass is 272 g/mol. The molecular weight excluding hydrogens is 260 g/mol. The third-order valence-electron chi connectivity index (χ3n) is 2.10. The molecule has 82 valence electrons. The van der Waals surface area contributed by atoms with Gasteiger partial charge in [-0.05, 0) is 22.0 Å². The van der Waals surface area contributed by atoms with Crippen molar-refractivity contribution in [1.29, 1.82) is 0 Å². The van der Waals surface area contributed by atoms with Crippen molar-refractivity contribution in [3.63, 3.8) is 0 Å². The summed E-state index contributed by atoms with van der Waals surface area (Å²) in [6.07, 6.45) is 0.454. The first-order valence-corrected chi connectivity index (χ1v) is 5.38. The molecule has 1 aromatic carbocycles. The molecule has 0 radical (unpaired) electrons. The van der Waals surface area contributed by atoms with Crippen molar-refractivity contribution < 1.29 is 14.3 Å². The normalized spacial score (nSPS) is 9.87. The van der Waals surface area contributed by atoms with Gasteiger partial charge in [-0.2, -0.15) is 0 Å². The molecular formula is C11H13BrO3. The molecule has 0 aliphatic heterocycles. The zero-order valence-electron chi connectivity index (χ0n) is 8.96. The van der Waals surface area contributed by atoms with E-state index in [9.17, 15) is 4.79 Å². The molecule has 0 bridgehead atoms. The van der Waals surface area contributed by atoms with Gasteiger partial charge in [0.15, 0.2) is 5.78 Å². The SMILES string of the molecule is CCC(=O)c1cc(Br)c(OC)cc1OC. The van der Waals surface area contributed by atoms with E-state index >= 15 is 0 Å². The zero-order chi connectivity index (χ0) is 11.4. The fraction of sp³-hybridized carbons (Fsp3) is 0.364. The van der Waals surface area contributed by atoms with Crippen molar-refractivity contribution in [2.45, 2.75) is 13.3 Å². The van der Waals surface area contributed by atoms with E-state index in [4.69, 9.17) is 9.47 Å². The van der Waals surface area contributed by atoms with Crippen LogP contribution in [0, 0.1) is 0 Å². The molecule has 15 heavy (non-hydrogen) atoms. The van der Waals surface area contributed by atoms with Crippen LogP contribution in [0.25, 0.3) is 0 Å². The van der Waals surface area contributed by atoms with E-state index in [1.165, 1.54) is 7.11 Å². The summed E-state index contributed by atoms with van der Waals surface area (Å²) in [5.74, 6) is 1.25. The zero-order valence-corrected chi connectivity index (χ0v) is 10.6. The first kappa shape index (κ1) is 12.0. The summed E-state index contributed by atoms with van der Waals surface area (Å²) >= 11 is 3.34. The van der Waals surface area contributed by atoms with E-state index in [2.05, 4.69) is 15.9 Å². The third-order valence-corrected chi connectivity index (χ3v) is 2.72. The number of hydrogen-bond acceptors (Lipinski definition) is 3. The largest absolute Gasteiger partial charge is 0.496 e. The minimum Gasteiger partial charge on any atom is -0.496 e. The molecule has 0 aromatic heterocycles. The Labute approximate surface area is 97.5 Å². The van der Waals surface area contributed by atoms with Crippen LogP contribution in [0.3, 0.4) is 0 Å². The Hall–Kier alpha value is -1.03. The molecule has 4 heteroatoms. The van der Waals surface area contributed by atoms with Crippen LogP contribution < -0.4 is 9.47 Å². The fourth-order valence-corrected chi connectivity index (χ4v) is 1.77.